The summed E-state index contributed by atoms with van der Waals surface area (Å²) in [6.07, 6.45) is 0.0836. The van der Waals surface area contributed by atoms with Gasteiger partial charge in [-0.3, -0.25) is 5.10 Å². The van der Waals surface area contributed by atoms with E-state index in [1.165, 1.54) is 12.1 Å². The number of halogens is 2. The number of nitrogens with one attached hydrogen (secondary N) is 1. The average Bonchev–Trinajstić information content (AvgIpc) is 2.78. The third kappa shape index (κ3) is 2.23. The van der Waals surface area contributed by atoms with Gasteiger partial charge in [-0.25, -0.2) is 9.18 Å². The van der Waals surface area contributed by atoms with Crippen LogP contribution in [-0.4, -0.2) is 10.2 Å². The lowest BCUT2D eigenvalue weighted by Crippen LogP contribution is -2.11. The van der Waals surface area contributed by atoms with Crippen molar-refractivity contribution in [2.75, 3.05) is 0 Å². The molecule has 0 aliphatic carbocycles. The van der Waals surface area contributed by atoms with Gasteiger partial charge in [0.05, 0.1) is 5.39 Å². The van der Waals surface area contributed by atoms with E-state index in [0.29, 0.717) is 5.56 Å². The predicted molar refractivity (Wildman–Crippen MR) is 78.3 cm³/mol. The van der Waals surface area contributed by atoms with Gasteiger partial charge >= 0.3 is 5.63 Å². The van der Waals surface area contributed by atoms with Gasteiger partial charge in [-0.05, 0) is 31.5 Å². The number of aromatic nitrogens is 2. The fourth-order valence-corrected chi connectivity index (χ4v) is 2.69. The zero-order valence-corrected chi connectivity index (χ0v) is 12.2. The lowest BCUT2D eigenvalue weighted by Gasteiger charge is -2.08. The monoisotopic (exact) mass is 306 g/mol. The number of benzene rings is 1. The summed E-state index contributed by atoms with van der Waals surface area (Å²) in [5, 5.41) is 7.74. The number of aryl methyl sites for hydroxylation is 2. The molecule has 0 saturated heterocycles. The highest BCUT2D eigenvalue weighted by Gasteiger charge is 2.18. The van der Waals surface area contributed by atoms with Gasteiger partial charge < -0.3 is 4.42 Å². The Kier molecular flexibility index (Phi) is 3.29. The van der Waals surface area contributed by atoms with Crippen molar-refractivity contribution in [3.8, 4) is 0 Å². The molecule has 0 saturated carbocycles. The number of fused-ring (bicyclic) bond motifs is 1. The molecule has 3 aromatic rings. The summed E-state index contributed by atoms with van der Waals surface area (Å²) in [5.41, 5.74) is 1.94. The van der Waals surface area contributed by atoms with E-state index >= 15 is 0 Å². The van der Waals surface area contributed by atoms with Crippen LogP contribution in [0.2, 0.25) is 5.02 Å². The molecule has 1 N–H and O–H groups in total. The van der Waals surface area contributed by atoms with E-state index < -0.39 is 11.4 Å². The maximum absolute atomic E-state index is 13.9. The minimum atomic E-state index is -0.522. The minimum Gasteiger partial charge on any atom is -0.402 e. The third-order valence-electron chi connectivity index (χ3n) is 3.59. The van der Waals surface area contributed by atoms with E-state index in [9.17, 15) is 9.18 Å². The molecule has 2 heterocycles. The molecule has 6 heteroatoms. The Labute approximate surface area is 124 Å². The fourth-order valence-electron chi connectivity index (χ4n) is 2.46. The van der Waals surface area contributed by atoms with Gasteiger partial charge in [0.25, 0.3) is 0 Å². The maximum Gasteiger partial charge on any atom is 0.341 e. The zero-order valence-electron chi connectivity index (χ0n) is 11.5. The Balaban J connectivity index is 2.21. The Hall–Kier alpha value is -2.14. The van der Waals surface area contributed by atoms with Crippen LogP contribution in [0.25, 0.3) is 11.1 Å². The van der Waals surface area contributed by atoms with Gasteiger partial charge in [-0.15, -0.1) is 5.10 Å². The molecule has 0 fully saturated rings. The number of hydrogen-bond donors (Lipinski definition) is 1. The van der Waals surface area contributed by atoms with Crippen molar-refractivity contribution in [1.29, 1.82) is 0 Å². The van der Waals surface area contributed by atoms with E-state index in [2.05, 4.69) is 10.2 Å². The molecule has 3 rings (SSSR count). The highest BCUT2D eigenvalue weighted by molar-refractivity contribution is 6.31. The highest BCUT2D eigenvalue weighted by Crippen LogP contribution is 2.26. The van der Waals surface area contributed by atoms with E-state index in [1.54, 1.807) is 13.0 Å². The Morgan fingerprint density at radius 3 is 2.81 bits per heavy atom. The predicted octanol–water partition coefficient (Wildman–Crippen LogP) is 3.52. The average molecular weight is 307 g/mol. The molecule has 0 amide bonds. The topological polar surface area (TPSA) is 58.9 Å². The second-order valence-corrected chi connectivity index (χ2v) is 5.31. The molecule has 0 aliphatic rings. The molecule has 1 aromatic carbocycles. The molecule has 0 spiro atoms. The summed E-state index contributed by atoms with van der Waals surface area (Å²) < 4.78 is 19.1. The van der Waals surface area contributed by atoms with Crippen LogP contribution in [-0.2, 0) is 6.42 Å². The van der Waals surface area contributed by atoms with Crippen LogP contribution in [0.4, 0.5) is 4.39 Å². The number of H-pyrrole nitrogens is 1. The summed E-state index contributed by atoms with van der Waals surface area (Å²) >= 11 is 6.02. The third-order valence-corrected chi connectivity index (χ3v) is 3.95. The largest absolute Gasteiger partial charge is 0.402 e. The molecular weight excluding hydrogens is 295 g/mol. The van der Waals surface area contributed by atoms with Gasteiger partial charge in [0.1, 0.15) is 5.82 Å². The Morgan fingerprint density at radius 1 is 1.33 bits per heavy atom. The van der Waals surface area contributed by atoms with Gasteiger partial charge in [0.15, 0.2) is 0 Å². The van der Waals surface area contributed by atoms with Gasteiger partial charge in [0.2, 0.25) is 5.71 Å². The first-order valence-corrected chi connectivity index (χ1v) is 6.77. The quantitative estimate of drug-likeness (QED) is 0.788. The van der Waals surface area contributed by atoms with Crippen molar-refractivity contribution in [3.63, 3.8) is 0 Å². The minimum absolute atomic E-state index is 0.0836. The highest BCUT2D eigenvalue weighted by atomic mass is 35.5. The molecule has 0 radical (unpaired) electrons. The lowest BCUT2D eigenvalue weighted by atomic mass is 10.00. The van der Waals surface area contributed by atoms with E-state index in [4.69, 9.17) is 16.0 Å². The molecule has 4 nitrogen and oxygen atoms in total. The fraction of sp³-hybridized carbons (Fsp3) is 0.200. The standard InChI is InChI=1S/C15H12ClFN2O2/c1-7-9(6-10-11(16)4-3-5-12(10)17)15(20)21-14-13(7)8(2)18-19-14/h3-5H,6H2,1-2H3,(H,18,19). The van der Waals surface area contributed by atoms with Gasteiger partial charge in [-0.1, -0.05) is 17.7 Å². The van der Waals surface area contributed by atoms with Crippen molar-refractivity contribution >= 4 is 22.7 Å². The lowest BCUT2D eigenvalue weighted by molar-refractivity contribution is 0.537. The van der Waals surface area contributed by atoms with Crippen molar-refractivity contribution < 1.29 is 8.81 Å². The second kappa shape index (κ2) is 5.00. The molecule has 0 bridgehead atoms. The van der Waals surface area contributed by atoms with Gasteiger partial charge in [0, 0.05) is 28.3 Å². The molecule has 108 valence electrons. The summed E-state index contributed by atoms with van der Waals surface area (Å²) in [6.45, 7) is 3.63. The molecule has 2 aromatic heterocycles. The van der Waals surface area contributed by atoms with Crippen molar-refractivity contribution in [3.05, 3.63) is 61.8 Å². The van der Waals surface area contributed by atoms with Crippen LogP contribution >= 0.6 is 11.6 Å². The summed E-state index contributed by atoms with van der Waals surface area (Å²) in [7, 11) is 0. The van der Waals surface area contributed by atoms with E-state index in [0.717, 1.165) is 16.6 Å². The zero-order chi connectivity index (χ0) is 15.1. The van der Waals surface area contributed by atoms with Crippen LogP contribution in [0, 0.1) is 19.7 Å². The summed E-state index contributed by atoms with van der Waals surface area (Å²) in [5.74, 6) is -0.440. The number of rotatable bonds is 2. The Morgan fingerprint density at radius 2 is 2.10 bits per heavy atom. The first-order valence-electron chi connectivity index (χ1n) is 6.39. The molecular formula is C15H12ClFN2O2. The van der Waals surface area contributed by atoms with Gasteiger partial charge in [-0.2, -0.15) is 0 Å². The van der Waals surface area contributed by atoms with Crippen LogP contribution in [0.3, 0.4) is 0 Å². The Bertz CT molecular complexity index is 878. The maximum atomic E-state index is 13.9. The smallest absolute Gasteiger partial charge is 0.341 e. The van der Waals surface area contributed by atoms with Crippen molar-refractivity contribution in [2.24, 2.45) is 0 Å². The number of aromatic amines is 1. The SMILES string of the molecule is Cc1[nH]nc2oc(=O)c(Cc3c(F)cccc3Cl)c(C)c12. The van der Waals surface area contributed by atoms with E-state index in [1.807, 2.05) is 6.92 Å². The van der Waals surface area contributed by atoms with Crippen molar-refractivity contribution in [1.82, 2.24) is 10.2 Å². The van der Waals surface area contributed by atoms with E-state index in [-0.39, 0.29) is 22.7 Å². The summed E-state index contributed by atoms with van der Waals surface area (Å²) in [6, 6.07) is 4.44. The molecule has 21 heavy (non-hydrogen) atoms. The second-order valence-electron chi connectivity index (χ2n) is 4.90. The van der Waals surface area contributed by atoms with Crippen molar-refractivity contribution in [2.45, 2.75) is 20.3 Å². The normalized spacial score (nSPS) is 11.2. The van der Waals surface area contributed by atoms with Crippen LogP contribution < -0.4 is 5.63 Å². The molecule has 0 atom stereocenters. The number of nitrogens with zero attached hydrogens (tertiary/aromatic N) is 1. The first kappa shape index (κ1) is 13.8. The van der Waals surface area contributed by atoms with Crippen LogP contribution in [0.15, 0.2) is 27.4 Å². The molecule has 0 unspecified atom stereocenters. The van der Waals surface area contributed by atoms with Crippen LogP contribution in [0.5, 0.6) is 0 Å². The number of hydrogen-bond acceptors (Lipinski definition) is 3. The van der Waals surface area contributed by atoms with Crippen LogP contribution in [0.1, 0.15) is 22.4 Å². The summed E-state index contributed by atoms with van der Waals surface area (Å²) in [4.78, 5) is 12.1. The first-order chi connectivity index (χ1) is 9.99. The molecule has 0 aliphatic heterocycles.